The Morgan fingerprint density at radius 3 is 2.29 bits per heavy atom. The number of benzene rings is 2. The number of rotatable bonds is 8. The number of hydrogen-bond donors (Lipinski definition) is 1. The Hall–Kier alpha value is -1.85. The zero-order chi connectivity index (χ0) is 17.4. The second-order valence-corrected chi connectivity index (χ2v) is 6.51. The molecule has 128 valence electrons. The van der Waals surface area contributed by atoms with Crippen LogP contribution in [0.1, 0.15) is 15.9 Å². The second-order valence-electron chi connectivity index (χ2n) is 4.97. The molecule has 0 fully saturated rings. The van der Waals surface area contributed by atoms with Crippen LogP contribution in [0.3, 0.4) is 0 Å². The third-order valence-electron chi connectivity index (χ3n) is 3.37. The van der Waals surface area contributed by atoms with Crippen LogP contribution in [0.5, 0.6) is 11.5 Å². The Morgan fingerprint density at radius 2 is 1.71 bits per heavy atom. The minimum absolute atomic E-state index is 0.198. The zero-order valence-electron chi connectivity index (χ0n) is 13.7. The maximum Gasteiger partial charge on any atom is 0.258 e. The smallest absolute Gasteiger partial charge is 0.258 e. The van der Waals surface area contributed by atoms with Gasteiger partial charge in [-0.1, -0.05) is 29.8 Å². The third-order valence-corrected chi connectivity index (χ3v) is 4.65. The first-order chi connectivity index (χ1) is 11.7. The number of carbonyl (C=O) groups excluding carboxylic acids is 1. The van der Waals surface area contributed by atoms with Crippen molar-refractivity contribution in [1.82, 2.24) is 5.32 Å². The number of thioether (sulfide) groups is 1. The van der Waals surface area contributed by atoms with Gasteiger partial charge in [0, 0.05) is 23.1 Å². The zero-order valence-corrected chi connectivity index (χ0v) is 15.2. The van der Waals surface area contributed by atoms with Crippen molar-refractivity contribution in [3.63, 3.8) is 0 Å². The van der Waals surface area contributed by atoms with Crippen LogP contribution in [0, 0.1) is 0 Å². The van der Waals surface area contributed by atoms with Crippen LogP contribution in [-0.2, 0) is 5.75 Å². The number of ether oxygens (including phenoxy) is 2. The largest absolute Gasteiger partial charge is 0.496 e. The Morgan fingerprint density at radius 1 is 1.08 bits per heavy atom. The van der Waals surface area contributed by atoms with E-state index in [1.165, 1.54) is 19.8 Å². The number of hydrogen-bond acceptors (Lipinski definition) is 4. The summed E-state index contributed by atoms with van der Waals surface area (Å²) in [5.41, 5.74) is 1.63. The van der Waals surface area contributed by atoms with E-state index in [0.717, 1.165) is 16.5 Å². The van der Waals surface area contributed by atoms with Crippen LogP contribution in [0.15, 0.2) is 42.5 Å². The van der Waals surface area contributed by atoms with E-state index >= 15 is 0 Å². The summed E-state index contributed by atoms with van der Waals surface area (Å²) in [6, 6.07) is 13.1. The highest BCUT2D eigenvalue weighted by molar-refractivity contribution is 7.98. The number of nitrogens with one attached hydrogen (secondary N) is 1. The number of halogens is 1. The van der Waals surface area contributed by atoms with Crippen molar-refractivity contribution in [2.45, 2.75) is 5.75 Å². The highest BCUT2D eigenvalue weighted by atomic mass is 35.5. The molecule has 4 nitrogen and oxygen atoms in total. The van der Waals surface area contributed by atoms with Crippen molar-refractivity contribution < 1.29 is 14.3 Å². The average molecular weight is 366 g/mol. The highest BCUT2D eigenvalue weighted by Crippen LogP contribution is 2.27. The van der Waals surface area contributed by atoms with E-state index in [4.69, 9.17) is 21.1 Å². The lowest BCUT2D eigenvalue weighted by Crippen LogP contribution is -2.26. The summed E-state index contributed by atoms with van der Waals surface area (Å²) in [5.74, 6) is 2.49. The minimum atomic E-state index is -0.198. The van der Waals surface area contributed by atoms with Crippen LogP contribution in [0.2, 0.25) is 5.02 Å². The number of methoxy groups -OCH3 is 2. The molecule has 2 rings (SSSR count). The molecule has 0 aliphatic rings. The Labute approximate surface area is 151 Å². The van der Waals surface area contributed by atoms with Crippen molar-refractivity contribution in [1.29, 1.82) is 0 Å². The number of carbonyl (C=O) groups is 1. The standard InChI is InChI=1S/C18H20ClNO3S/c1-22-15-4-3-5-16(23-2)17(15)18(21)20-10-11-24-12-13-6-8-14(19)9-7-13/h3-9H,10-12H2,1-2H3,(H,20,21). The molecule has 0 unspecified atom stereocenters. The molecule has 6 heteroatoms. The van der Waals surface area contributed by atoms with Gasteiger partial charge in [-0.15, -0.1) is 0 Å². The van der Waals surface area contributed by atoms with E-state index < -0.39 is 0 Å². The lowest BCUT2D eigenvalue weighted by Gasteiger charge is -2.12. The summed E-state index contributed by atoms with van der Waals surface area (Å²) in [5, 5.41) is 3.64. The molecule has 0 spiro atoms. The van der Waals surface area contributed by atoms with E-state index in [1.807, 2.05) is 24.3 Å². The summed E-state index contributed by atoms with van der Waals surface area (Å²) in [6.45, 7) is 0.568. The Bertz CT molecular complexity index is 654. The topological polar surface area (TPSA) is 47.6 Å². The van der Waals surface area contributed by atoms with Gasteiger partial charge in [0.25, 0.3) is 5.91 Å². The quantitative estimate of drug-likeness (QED) is 0.718. The van der Waals surface area contributed by atoms with Gasteiger partial charge in [-0.25, -0.2) is 0 Å². The van der Waals surface area contributed by atoms with Crippen LogP contribution in [0.25, 0.3) is 0 Å². The molecule has 0 aromatic heterocycles. The normalized spacial score (nSPS) is 10.3. The average Bonchev–Trinajstić information content (AvgIpc) is 2.62. The van der Waals surface area contributed by atoms with E-state index in [9.17, 15) is 4.79 Å². The summed E-state index contributed by atoms with van der Waals surface area (Å²) in [4.78, 5) is 12.4. The molecule has 2 aromatic rings. The van der Waals surface area contributed by atoms with Crippen LogP contribution >= 0.6 is 23.4 Å². The van der Waals surface area contributed by atoms with E-state index in [-0.39, 0.29) is 5.91 Å². The summed E-state index contributed by atoms with van der Waals surface area (Å²) in [7, 11) is 3.07. The summed E-state index contributed by atoms with van der Waals surface area (Å²) in [6.07, 6.45) is 0. The molecule has 1 N–H and O–H groups in total. The molecule has 0 atom stereocenters. The molecule has 0 aliphatic heterocycles. The van der Waals surface area contributed by atoms with Crippen molar-refractivity contribution in [3.05, 3.63) is 58.6 Å². The second kappa shape index (κ2) is 9.45. The summed E-state index contributed by atoms with van der Waals surface area (Å²) < 4.78 is 10.5. The molecule has 1 amide bonds. The van der Waals surface area contributed by atoms with Crippen LogP contribution in [0.4, 0.5) is 0 Å². The van der Waals surface area contributed by atoms with E-state index in [0.29, 0.717) is 23.6 Å². The molecule has 0 saturated carbocycles. The predicted octanol–water partition coefficient (Wildman–Crippen LogP) is 4.02. The predicted molar refractivity (Wildman–Crippen MR) is 99.5 cm³/mol. The van der Waals surface area contributed by atoms with Crippen molar-refractivity contribution >= 4 is 29.3 Å². The van der Waals surface area contributed by atoms with Crippen LogP contribution in [-0.4, -0.2) is 32.4 Å². The third kappa shape index (κ3) is 5.08. The SMILES string of the molecule is COc1cccc(OC)c1C(=O)NCCSCc1ccc(Cl)cc1. The highest BCUT2D eigenvalue weighted by Gasteiger charge is 2.17. The van der Waals surface area contributed by atoms with Crippen molar-refractivity contribution in [2.75, 3.05) is 26.5 Å². The van der Waals surface area contributed by atoms with Gasteiger partial charge in [0.2, 0.25) is 0 Å². The van der Waals surface area contributed by atoms with Crippen molar-refractivity contribution in [3.8, 4) is 11.5 Å². The first-order valence-corrected chi connectivity index (χ1v) is 9.00. The first-order valence-electron chi connectivity index (χ1n) is 7.47. The lowest BCUT2D eigenvalue weighted by molar-refractivity contribution is 0.0950. The molecule has 2 aromatic carbocycles. The molecule has 0 bridgehead atoms. The fourth-order valence-corrected chi connectivity index (χ4v) is 3.12. The monoisotopic (exact) mass is 365 g/mol. The molecule has 24 heavy (non-hydrogen) atoms. The maximum atomic E-state index is 12.4. The van der Waals surface area contributed by atoms with Gasteiger partial charge in [0.05, 0.1) is 14.2 Å². The molecular weight excluding hydrogens is 346 g/mol. The molecule has 0 saturated heterocycles. The summed E-state index contributed by atoms with van der Waals surface area (Å²) >= 11 is 7.61. The van der Waals surface area contributed by atoms with Gasteiger partial charge < -0.3 is 14.8 Å². The van der Waals surface area contributed by atoms with Gasteiger partial charge >= 0.3 is 0 Å². The molecule has 0 heterocycles. The van der Waals surface area contributed by atoms with Gasteiger partial charge in [0.15, 0.2) is 0 Å². The maximum absolute atomic E-state index is 12.4. The molecule has 0 aliphatic carbocycles. The van der Waals surface area contributed by atoms with Gasteiger partial charge in [-0.2, -0.15) is 11.8 Å². The van der Waals surface area contributed by atoms with Gasteiger partial charge in [-0.3, -0.25) is 4.79 Å². The molecule has 0 radical (unpaired) electrons. The lowest BCUT2D eigenvalue weighted by atomic mass is 10.1. The van der Waals surface area contributed by atoms with Crippen LogP contribution < -0.4 is 14.8 Å². The molecular formula is C18H20ClNO3S. The fourth-order valence-electron chi connectivity index (χ4n) is 2.17. The van der Waals surface area contributed by atoms with Gasteiger partial charge in [0.1, 0.15) is 17.1 Å². The number of amides is 1. The Balaban J connectivity index is 1.82. The van der Waals surface area contributed by atoms with Gasteiger partial charge in [-0.05, 0) is 29.8 Å². The first kappa shape index (κ1) is 18.5. The fraction of sp³-hybridized carbons (Fsp3) is 0.278. The minimum Gasteiger partial charge on any atom is -0.496 e. The van der Waals surface area contributed by atoms with Crippen molar-refractivity contribution in [2.24, 2.45) is 0 Å². The van der Waals surface area contributed by atoms with E-state index in [2.05, 4.69) is 5.32 Å². The Kier molecular flexibility index (Phi) is 7.28. The van der Waals surface area contributed by atoms with E-state index in [1.54, 1.807) is 30.0 Å².